The lowest BCUT2D eigenvalue weighted by Crippen LogP contribution is -2.32. The van der Waals surface area contributed by atoms with Crippen LogP contribution in [-0.2, 0) is 4.79 Å². The van der Waals surface area contributed by atoms with Crippen LogP contribution >= 0.6 is 11.6 Å². The Labute approximate surface area is 130 Å². The van der Waals surface area contributed by atoms with Gasteiger partial charge in [0.2, 0.25) is 5.91 Å². The Kier molecular flexibility index (Phi) is 5.23. The average molecular weight is 303 g/mol. The summed E-state index contributed by atoms with van der Waals surface area (Å²) in [4.78, 5) is 12.0. The Bertz CT molecular complexity index is 610. The molecule has 0 aliphatic carbocycles. The molecular weight excluding hydrogens is 284 g/mol. The molecule has 2 aromatic carbocycles. The van der Waals surface area contributed by atoms with Crippen LogP contribution < -0.4 is 10.6 Å². The molecule has 1 amide bonds. The molecule has 1 unspecified atom stereocenters. The fourth-order valence-electron chi connectivity index (χ4n) is 2.07. The SMILES string of the molecule is Cc1ccccc1NCC(=O)NC(C)c1ccc(Cl)cc1. The summed E-state index contributed by atoms with van der Waals surface area (Å²) >= 11 is 5.86. The van der Waals surface area contributed by atoms with Crippen LogP contribution in [0.2, 0.25) is 5.02 Å². The highest BCUT2D eigenvalue weighted by Gasteiger charge is 2.09. The number of rotatable bonds is 5. The third-order valence-corrected chi connectivity index (χ3v) is 3.58. The van der Waals surface area contributed by atoms with Gasteiger partial charge in [-0.05, 0) is 43.2 Å². The standard InChI is InChI=1S/C17H19ClN2O/c1-12-5-3-4-6-16(12)19-11-17(21)20-13(2)14-7-9-15(18)10-8-14/h3-10,13,19H,11H2,1-2H3,(H,20,21). The molecule has 0 bridgehead atoms. The topological polar surface area (TPSA) is 41.1 Å². The van der Waals surface area contributed by atoms with E-state index in [1.807, 2.05) is 62.4 Å². The lowest BCUT2D eigenvalue weighted by molar-refractivity contribution is -0.120. The molecule has 0 fully saturated rings. The highest BCUT2D eigenvalue weighted by molar-refractivity contribution is 6.30. The van der Waals surface area contributed by atoms with E-state index in [0.717, 1.165) is 16.8 Å². The molecule has 21 heavy (non-hydrogen) atoms. The molecule has 1 atom stereocenters. The van der Waals surface area contributed by atoms with Gasteiger partial charge < -0.3 is 10.6 Å². The van der Waals surface area contributed by atoms with E-state index in [0.29, 0.717) is 5.02 Å². The van der Waals surface area contributed by atoms with Crippen molar-refractivity contribution in [1.29, 1.82) is 0 Å². The van der Waals surface area contributed by atoms with Crippen molar-refractivity contribution >= 4 is 23.2 Å². The molecule has 0 saturated carbocycles. The van der Waals surface area contributed by atoms with Crippen LogP contribution in [0.25, 0.3) is 0 Å². The minimum absolute atomic E-state index is 0.0410. The largest absolute Gasteiger partial charge is 0.376 e. The molecular formula is C17H19ClN2O. The van der Waals surface area contributed by atoms with Gasteiger partial charge in [0, 0.05) is 10.7 Å². The monoisotopic (exact) mass is 302 g/mol. The van der Waals surface area contributed by atoms with E-state index in [4.69, 9.17) is 11.6 Å². The summed E-state index contributed by atoms with van der Waals surface area (Å²) in [6.45, 7) is 4.22. The zero-order chi connectivity index (χ0) is 15.2. The number of hydrogen-bond donors (Lipinski definition) is 2. The summed E-state index contributed by atoms with van der Waals surface area (Å²) in [7, 11) is 0. The average Bonchev–Trinajstić information content (AvgIpc) is 2.47. The number of carbonyl (C=O) groups excluding carboxylic acids is 1. The Morgan fingerprint density at radius 2 is 1.81 bits per heavy atom. The number of anilines is 1. The van der Waals surface area contributed by atoms with E-state index < -0.39 is 0 Å². The quantitative estimate of drug-likeness (QED) is 0.878. The van der Waals surface area contributed by atoms with E-state index >= 15 is 0 Å². The second kappa shape index (κ2) is 7.14. The molecule has 0 aliphatic heterocycles. The van der Waals surface area contributed by atoms with Gasteiger partial charge in [-0.25, -0.2) is 0 Å². The fourth-order valence-corrected chi connectivity index (χ4v) is 2.20. The van der Waals surface area contributed by atoms with Crippen LogP contribution in [0.1, 0.15) is 24.1 Å². The van der Waals surface area contributed by atoms with Gasteiger partial charge in [-0.3, -0.25) is 4.79 Å². The first-order valence-electron chi connectivity index (χ1n) is 6.90. The maximum Gasteiger partial charge on any atom is 0.239 e. The number of hydrogen-bond acceptors (Lipinski definition) is 2. The highest BCUT2D eigenvalue weighted by Crippen LogP contribution is 2.16. The van der Waals surface area contributed by atoms with Crippen molar-refractivity contribution in [2.24, 2.45) is 0 Å². The van der Waals surface area contributed by atoms with Gasteiger partial charge in [0.15, 0.2) is 0 Å². The molecule has 110 valence electrons. The van der Waals surface area contributed by atoms with Crippen molar-refractivity contribution in [3.05, 3.63) is 64.7 Å². The van der Waals surface area contributed by atoms with Crippen LogP contribution in [0.5, 0.6) is 0 Å². The number of aryl methyl sites for hydroxylation is 1. The smallest absolute Gasteiger partial charge is 0.239 e. The van der Waals surface area contributed by atoms with Gasteiger partial charge in [0.05, 0.1) is 12.6 Å². The number of amides is 1. The molecule has 0 heterocycles. The van der Waals surface area contributed by atoms with Crippen LogP contribution in [0.15, 0.2) is 48.5 Å². The van der Waals surface area contributed by atoms with E-state index in [1.54, 1.807) is 0 Å². The minimum atomic E-state index is -0.0477. The van der Waals surface area contributed by atoms with Crippen molar-refractivity contribution in [3.63, 3.8) is 0 Å². The minimum Gasteiger partial charge on any atom is -0.376 e. The van der Waals surface area contributed by atoms with Gasteiger partial charge in [0.25, 0.3) is 0 Å². The molecule has 2 N–H and O–H groups in total. The fraction of sp³-hybridized carbons (Fsp3) is 0.235. The molecule has 0 spiro atoms. The molecule has 2 aromatic rings. The first-order valence-corrected chi connectivity index (χ1v) is 7.28. The van der Waals surface area contributed by atoms with E-state index in [9.17, 15) is 4.79 Å². The van der Waals surface area contributed by atoms with Gasteiger partial charge in [-0.1, -0.05) is 41.9 Å². The van der Waals surface area contributed by atoms with Gasteiger partial charge in [-0.2, -0.15) is 0 Å². The molecule has 0 aromatic heterocycles. The predicted octanol–water partition coefficient (Wildman–Crippen LogP) is 3.94. The van der Waals surface area contributed by atoms with Crippen molar-refractivity contribution in [3.8, 4) is 0 Å². The maximum absolute atomic E-state index is 12.0. The third kappa shape index (κ3) is 4.50. The summed E-state index contributed by atoms with van der Waals surface area (Å²) in [6, 6.07) is 15.3. The number of para-hydroxylation sites is 1. The summed E-state index contributed by atoms with van der Waals surface area (Å²) < 4.78 is 0. The third-order valence-electron chi connectivity index (χ3n) is 3.33. The van der Waals surface area contributed by atoms with Gasteiger partial charge in [-0.15, -0.1) is 0 Å². The van der Waals surface area contributed by atoms with Crippen LogP contribution in [0.3, 0.4) is 0 Å². The van der Waals surface area contributed by atoms with Crippen molar-refractivity contribution in [2.45, 2.75) is 19.9 Å². The zero-order valence-corrected chi connectivity index (χ0v) is 12.9. The summed E-state index contributed by atoms with van der Waals surface area (Å²) in [5.41, 5.74) is 3.13. The Morgan fingerprint density at radius 1 is 1.14 bits per heavy atom. The zero-order valence-electron chi connectivity index (χ0n) is 12.2. The van der Waals surface area contributed by atoms with Crippen LogP contribution in [0, 0.1) is 6.92 Å². The second-order valence-corrected chi connectivity index (χ2v) is 5.45. The van der Waals surface area contributed by atoms with Crippen LogP contribution in [0.4, 0.5) is 5.69 Å². The number of halogens is 1. The normalized spacial score (nSPS) is 11.8. The van der Waals surface area contributed by atoms with Gasteiger partial charge >= 0.3 is 0 Å². The molecule has 2 rings (SSSR count). The van der Waals surface area contributed by atoms with E-state index in [-0.39, 0.29) is 18.5 Å². The van der Waals surface area contributed by atoms with E-state index in [2.05, 4.69) is 10.6 Å². The Balaban J connectivity index is 1.87. The Morgan fingerprint density at radius 3 is 2.48 bits per heavy atom. The molecule has 0 radical (unpaired) electrons. The summed E-state index contributed by atoms with van der Waals surface area (Å²) in [5.74, 6) is -0.0410. The lowest BCUT2D eigenvalue weighted by atomic mass is 10.1. The van der Waals surface area contributed by atoms with E-state index in [1.165, 1.54) is 0 Å². The van der Waals surface area contributed by atoms with Crippen molar-refractivity contribution in [2.75, 3.05) is 11.9 Å². The first kappa shape index (κ1) is 15.4. The summed E-state index contributed by atoms with van der Waals surface area (Å²) in [6.07, 6.45) is 0. The number of nitrogens with one attached hydrogen (secondary N) is 2. The molecule has 0 saturated heterocycles. The number of benzene rings is 2. The van der Waals surface area contributed by atoms with Crippen LogP contribution in [-0.4, -0.2) is 12.5 Å². The Hall–Kier alpha value is -2.00. The first-order chi connectivity index (χ1) is 10.1. The van der Waals surface area contributed by atoms with Gasteiger partial charge in [0.1, 0.15) is 0 Å². The molecule has 0 aliphatic rings. The maximum atomic E-state index is 12.0. The van der Waals surface area contributed by atoms with Crippen molar-refractivity contribution in [1.82, 2.24) is 5.32 Å². The molecule has 4 heteroatoms. The lowest BCUT2D eigenvalue weighted by Gasteiger charge is -2.15. The predicted molar refractivity (Wildman–Crippen MR) is 87.7 cm³/mol. The highest BCUT2D eigenvalue weighted by atomic mass is 35.5. The van der Waals surface area contributed by atoms with Crippen molar-refractivity contribution < 1.29 is 4.79 Å². The number of carbonyl (C=O) groups is 1. The second-order valence-electron chi connectivity index (χ2n) is 5.01. The molecule has 3 nitrogen and oxygen atoms in total. The summed E-state index contributed by atoms with van der Waals surface area (Å²) in [5, 5.41) is 6.80.